The van der Waals surface area contributed by atoms with E-state index in [0.29, 0.717) is 16.8 Å². The SMILES string of the molecule is C=C(NC(=O)c1csc(-c2nc3c(cc2O)-c2nc(cs2)C(=O)NC(C(C)O)C(=O)NC(=C(C)OC)c2nc(cs2)C(=O)NC2c4nc(cs4)C(=O)NC(COC(=O)c4c5c6c(cccc6n4O)COC(=O)C(OC4CC(C)(O)C(NCC)C(C)O4)C2OC5)c2nc-3cs2)n1)C(N)=O. The molecule has 0 radical (unpaired) electrons. The fourth-order valence-corrected chi connectivity index (χ4v) is 15.6. The number of likely N-dealkylation sites (N-methyl/N-ethyl adjacent to an activating group) is 1. The van der Waals surface area contributed by atoms with Gasteiger partial charge < -0.3 is 86.6 Å². The molecule has 8 aromatic rings. The summed E-state index contributed by atoms with van der Waals surface area (Å²) >= 11 is 4.46. The summed E-state index contributed by atoms with van der Waals surface area (Å²) in [5, 5.41) is 70.5. The summed E-state index contributed by atoms with van der Waals surface area (Å²) in [6.45, 7) is 9.97. The number of primary amides is 1. The Morgan fingerprint density at radius 3 is 2.27 bits per heavy atom. The first-order valence-corrected chi connectivity index (χ1v) is 34.3. The number of benzene rings is 1. The molecule has 37 heteroatoms. The highest BCUT2D eigenvalue weighted by Gasteiger charge is 2.49. The van der Waals surface area contributed by atoms with E-state index in [4.69, 9.17) is 49.1 Å². The van der Waals surface area contributed by atoms with Crippen LogP contribution in [-0.2, 0) is 56.0 Å². The maximum absolute atomic E-state index is 15.2. The number of methoxy groups -OCH3 is 1. The van der Waals surface area contributed by atoms with E-state index in [2.05, 4.69) is 53.4 Å². The number of fused-ring (bicyclic) bond motifs is 15. The second kappa shape index (κ2) is 27.8. The third-order valence-corrected chi connectivity index (χ3v) is 20.7. The Balaban J connectivity index is 1.04. The lowest BCUT2D eigenvalue weighted by molar-refractivity contribution is -0.272. The zero-order valence-corrected chi connectivity index (χ0v) is 56.5. The second-order valence-electron chi connectivity index (χ2n) is 23.0. The maximum Gasteiger partial charge on any atom is 0.358 e. The number of pyridine rings is 1. The number of aliphatic hydroxyl groups is 2. The van der Waals surface area contributed by atoms with Crippen LogP contribution in [-0.4, -0.2) is 171 Å². The van der Waals surface area contributed by atoms with Crippen LogP contribution in [0.25, 0.3) is 49.3 Å². The minimum atomic E-state index is -1.92. The van der Waals surface area contributed by atoms with Crippen molar-refractivity contribution in [3.63, 3.8) is 0 Å². The van der Waals surface area contributed by atoms with Crippen molar-refractivity contribution >= 4 is 121 Å². The topological polar surface area (TPSA) is 453 Å². The molecule has 12 rings (SSSR count). The van der Waals surface area contributed by atoms with Crippen LogP contribution in [0.3, 0.4) is 0 Å². The van der Waals surface area contributed by atoms with E-state index in [-0.39, 0.29) is 105 Å². The molecule has 1 saturated heterocycles. The smallest absolute Gasteiger partial charge is 0.358 e. The summed E-state index contributed by atoms with van der Waals surface area (Å²) in [6.07, 6.45) is -7.58. The molecule has 11 heterocycles. The molecule has 98 heavy (non-hydrogen) atoms. The van der Waals surface area contributed by atoms with E-state index in [1.54, 1.807) is 26.0 Å². The van der Waals surface area contributed by atoms with Crippen LogP contribution >= 0.6 is 56.7 Å². The van der Waals surface area contributed by atoms with Crippen molar-refractivity contribution in [1.82, 2.24) is 66.5 Å². The number of esters is 2. The highest BCUT2D eigenvalue weighted by molar-refractivity contribution is 7.14. The van der Waals surface area contributed by atoms with Gasteiger partial charge in [0.2, 0.25) is 5.91 Å². The molecule has 4 aliphatic heterocycles. The van der Waals surface area contributed by atoms with Gasteiger partial charge in [0.05, 0.1) is 48.8 Å². The fourth-order valence-electron chi connectivity index (χ4n) is 11.4. The van der Waals surface area contributed by atoms with Crippen molar-refractivity contribution in [2.24, 2.45) is 5.73 Å². The number of hydrogen-bond acceptors (Lipinski definition) is 30. The summed E-state index contributed by atoms with van der Waals surface area (Å²) in [5.41, 5.74) is 1.99. The lowest BCUT2D eigenvalue weighted by Crippen LogP contribution is -2.62. The van der Waals surface area contributed by atoms with Gasteiger partial charge in [-0.2, -0.15) is 4.73 Å². The van der Waals surface area contributed by atoms with Gasteiger partial charge in [0.1, 0.15) is 120 Å². The van der Waals surface area contributed by atoms with Crippen molar-refractivity contribution < 1.29 is 87.3 Å². The first-order chi connectivity index (χ1) is 46.8. The predicted molar refractivity (Wildman–Crippen MR) is 350 cm³/mol. The molecule has 12 bridgehead atoms. The number of rotatable bonds is 10. The fraction of sp³-hybridized carbons (Fsp3) is 0.344. The zero-order chi connectivity index (χ0) is 69.8. The molecule has 0 aliphatic carbocycles. The summed E-state index contributed by atoms with van der Waals surface area (Å²) in [5.74, 6) is -8.28. The molecule has 512 valence electrons. The first-order valence-electron chi connectivity index (χ1n) is 29.9. The van der Waals surface area contributed by atoms with Crippen LogP contribution in [0.5, 0.6) is 5.75 Å². The number of amides is 6. The molecule has 10 unspecified atom stereocenters. The molecule has 1 aromatic carbocycles. The van der Waals surface area contributed by atoms with E-state index >= 15 is 14.4 Å². The minimum Gasteiger partial charge on any atom is -0.506 e. The highest BCUT2D eigenvalue weighted by atomic mass is 32.1. The van der Waals surface area contributed by atoms with E-state index < -0.39 is 145 Å². The maximum atomic E-state index is 15.2. The van der Waals surface area contributed by atoms with Gasteiger partial charge in [-0.3, -0.25) is 28.8 Å². The van der Waals surface area contributed by atoms with Gasteiger partial charge in [-0.1, -0.05) is 25.6 Å². The predicted octanol–water partition coefficient (Wildman–Crippen LogP) is 3.94. The standard InChI is InChI=1S/C61H60N14O18S5/c1-8-63-47-25(5)92-37(13-61(47,6)86)93-46-45-43-58-70-32(20-98-58)50(80)65-29(16-91-59(84)44-28(15-89-45)38-26(14-90-60(46)85)10-9-11-35(38)75(44)87)55-66-30(17-95-55)41-27(12-36(77)42(71-41)57-69-31(19-97-57)49(79)64-22(2)48(62)78)54-67-33(18-94-54)51(81)72-39(23(3)76)53(83)73-40(24(4)88-7)56-68-34(21-96-56)52(82)74-43/h9-12,17-21,23,25,29,37,39,43,45-47,63,76-77,86-87H,2,8,13-16H2,1,3-7H3,(H2,62,78)(H,64,79)(H,65,80)(H,72,81)(H,73,83)(H,74,82). The molecule has 10 atom stereocenters. The van der Waals surface area contributed by atoms with Gasteiger partial charge in [0.25, 0.3) is 29.5 Å². The minimum absolute atomic E-state index is 0.00883. The number of hydrogen-bond donors (Lipinski definition) is 11. The number of aromatic hydroxyl groups is 1. The molecule has 4 aliphatic rings. The number of nitrogens with zero attached hydrogens (tertiary/aromatic N) is 7. The normalized spacial score (nSPS) is 24.0. The summed E-state index contributed by atoms with van der Waals surface area (Å²) in [6, 6.07) is 0.590. The average Bonchev–Trinajstić information content (AvgIpc) is 1.57. The first kappa shape index (κ1) is 68.4. The summed E-state index contributed by atoms with van der Waals surface area (Å²) in [4.78, 5) is 142. The molecule has 6 amide bonds. The van der Waals surface area contributed by atoms with Gasteiger partial charge in [-0.05, 0) is 51.9 Å². The van der Waals surface area contributed by atoms with Crippen molar-refractivity contribution in [2.45, 2.75) is 115 Å². The number of nitrogens with one attached hydrogen (secondary N) is 6. The lowest BCUT2D eigenvalue weighted by Gasteiger charge is -2.46. The Labute approximate surface area is 574 Å². The second-order valence-corrected chi connectivity index (χ2v) is 27.3. The number of thiazole rings is 5. The van der Waals surface area contributed by atoms with Crippen molar-refractivity contribution in [3.05, 3.63) is 124 Å². The number of allylic oxidation sites excluding steroid dienone is 1. The third-order valence-electron chi connectivity index (χ3n) is 16.2. The van der Waals surface area contributed by atoms with Crippen molar-refractivity contribution in [3.8, 4) is 38.4 Å². The van der Waals surface area contributed by atoms with Crippen LogP contribution in [0.2, 0.25) is 0 Å². The van der Waals surface area contributed by atoms with Crippen LogP contribution in [0.4, 0.5) is 0 Å². The molecule has 0 saturated carbocycles. The van der Waals surface area contributed by atoms with Crippen LogP contribution < -0.4 is 37.6 Å². The highest BCUT2D eigenvalue weighted by Crippen LogP contribution is 2.43. The van der Waals surface area contributed by atoms with E-state index in [1.165, 1.54) is 60.0 Å². The number of aromatic nitrogens is 7. The lowest BCUT2D eigenvalue weighted by atomic mass is 9.86. The Morgan fingerprint density at radius 2 is 1.54 bits per heavy atom. The van der Waals surface area contributed by atoms with Gasteiger partial charge in [-0.15, -0.1) is 56.7 Å². The quantitative estimate of drug-likeness (QED) is 0.0400. The summed E-state index contributed by atoms with van der Waals surface area (Å²) < 4.78 is 38.1. The molecule has 12 N–H and O–H groups in total. The molecule has 0 spiro atoms. The third kappa shape index (κ3) is 13.5. The van der Waals surface area contributed by atoms with Crippen LogP contribution in [0, 0.1) is 0 Å². The van der Waals surface area contributed by atoms with Crippen LogP contribution in [0.15, 0.2) is 69.2 Å². The van der Waals surface area contributed by atoms with Gasteiger partial charge >= 0.3 is 11.9 Å². The van der Waals surface area contributed by atoms with E-state index in [0.717, 1.165) is 56.7 Å². The Morgan fingerprint density at radius 1 is 0.867 bits per heavy atom. The monoisotopic (exact) mass is 1440 g/mol. The van der Waals surface area contributed by atoms with Crippen molar-refractivity contribution in [2.75, 3.05) is 20.3 Å². The number of carbonyl (C=O) groups is 8. The number of cyclic esters (lactones) is 2. The average molecular weight is 1440 g/mol. The van der Waals surface area contributed by atoms with Gasteiger partial charge in [0, 0.05) is 49.8 Å². The van der Waals surface area contributed by atoms with Crippen molar-refractivity contribution in [1.29, 1.82) is 0 Å². The molecular weight excluding hydrogens is 1380 g/mol. The Kier molecular flexibility index (Phi) is 19.4. The van der Waals surface area contributed by atoms with Gasteiger partial charge in [0.15, 0.2) is 18.1 Å². The molecule has 7 aromatic heterocycles. The summed E-state index contributed by atoms with van der Waals surface area (Å²) in [7, 11) is 1.30. The number of nitrogens with two attached hydrogens (primary N) is 1. The van der Waals surface area contributed by atoms with E-state index in [1.807, 2.05) is 6.92 Å². The Hall–Kier alpha value is -9.54. The van der Waals surface area contributed by atoms with Gasteiger partial charge in [-0.25, -0.2) is 39.5 Å². The molecule has 32 nitrogen and oxygen atoms in total. The van der Waals surface area contributed by atoms with E-state index in [9.17, 15) is 44.5 Å². The zero-order valence-electron chi connectivity index (χ0n) is 52.4. The largest absolute Gasteiger partial charge is 0.506 e. The molecule has 1 fully saturated rings. The Bertz CT molecular complexity index is 4590. The van der Waals surface area contributed by atoms with Crippen LogP contribution in [0.1, 0.15) is 132 Å². The number of aliphatic hydroxyl groups excluding tert-OH is 1. The molecular formula is C61H60N14O18S5. The number of carbonyl (C=O) groups excluding carboxylic acids is 8. The number of ether oxygens (including phenoxy) is 6.